The molecule has 1 N–H and O–H groups in total. The third-order valence-electron chi connectivity index (χ3n) is 3.30. The second kappa shape index (κ2) is 9.88. The molecule has 0 fully saturated rings. The van der Waals surface area contributed by atoms with Crippen LogP contribution in [0.15, 0.2) is 24.3 Å². The number of ether oxygens (including phenoxy) is 2. The number of esters is 2. The van der Waals surface area contributed by atoms with Gasteiger partial charge in [-0.25, -0.2) is 9.59 Å². The summed E-state index contributed by atoms with van der Waals surface area (Å²) < 4.78 is 64.0. The minimum atomic E-state index is -5.75. The molecule has 144 valence electrons. The van der Waals surface area contributed by atoms with Crippen LogP contribution in [-0.4, -0.2) is 60.3 Å². The van der Waals surface area contributed by atoms with Crippen molar-refractivity contribution in [3.63, 3.8) is 0 Å². The SMILES string of the molecule is [B]Cc1cc(C[B])c(OC(=O)/C=C/C(=O)OCC(F)(F)S(=O)(=O)O)c(C[B])c1. The van der Waals surface area contributed by atoms with Gasteiger partial charge in [0.1, 0.15) is 5.75 Å². The van der Waals surface area contributed by atoms with Crippen molar-refractivity contribution >= 4 is 45.6 Å². The maximum atomic E-state index is 12.9. The van der Waals surface area contributed by atoms with Crippen molar-refractivity contribution in [2.45, 2.75) is 24.2 Å². The highest BCUT2D eigenvalue weighted by molar-refractivity contribution is 7.86. The summed E-state index contributed by atoms with van der Waals surface area (Å²) in [6.07, 6.45) is 1.22. The van der Waals surface area contributed by atoms with E-state index in [9.17, 15) is 26.8 Å². The number of carbonyl (C=O) groups excluding carboxylic acids is 2. The van der Waals surface area contributed by atoms with Gasteiger partial charge in [0.2, 0.25) is 0 Å². The van der Waals surface area contributed by atoms with Crippen molar-refractivity contribution in [2.24, 2.45) is 0 Å². The molecule has 0 unspecified atom stereocenters. The lowest BCUT2D eigenvalue weighted by molar-refractivity contribution is -0.144. The molecule has 0 saturated heterocycles. The summed E-state index contributed by atoms with van der Waals surface area (Å²) in [6, 6.07) is 3.22. The second-order valence-electron chi connectivity index (χ2n) is 5.33. The zero-order valence-corrected chi connectivity index (χ0v) is 15.2. The molecule has 0 bridgehead atoms. The van der Waals surface area contributed by atoms with E-state index >= 15 is 0 Å². The van der Waals surface area contributed by atoms with Crippen molar-refractivity contribution in [2.75, 3.05) is 6.61 Å². The molecule has 0 aliphatic rings. The molecule has 0 aromatic heterocycles. The summed E-state index contributed by atoms with van der Waals surface area (Å²) in [5.74, 6) is -2.46. The van der Waals surface area contributed by atoms with Crippen molar-refractivity contribution in [1.29, 1.82) is 0 Å². The minimum absolute atomic E-state index is 0.0000738. The molecule has 0 amide bonds. The molecule has 0 aliphatic heterocycles. The Balaban J connectivity index is 2.83. The average molecular weight is 408 g/mol. The summed E-state index contributed by atoms with van der Waals surface area (Å²) >= 11 is 0. The Hall–Kier alpha value is -2.14. The fraction of sp³-hybridized carbons (Fsp3) is 0.333. The molecule has 28 heavy (non-hydrogen) atoms. The molecule has 1 aromatic rings. The summed E-state index contributed by atoms with van der Waals surface area (Å²) in [7, 11) is 11.0. The van der Waals surface area contributed by atoms with Crippen molar-refractivity contribution in [3.8, 4) is 5.75 Å². The first kappa shape index (κ1) is 23.9. The van der Waals surface area contributed by atoms with Gasteiger partial charge in [-0.2, -0.15) is 17.2 Å². The van der Waals surface area contributed by atoms with Crippen LogP contribution in [0, 0.1) is 0 Å². The number of benzene rings is 1. The summed E-state index contributed by atoms with van der Waals surface area (Å²) in [5.41, 5.74) is 1.57. The van der Waals surface area contributed by atoms with Gasteiger partial charge in [-0.1, -0.05) is 36.7 Å². The maximum absolute atomic E-state index is 12.9. The third kappa shape index (κ3) is 6.48. The predicted octanol–water partition coefficient (Wildman–Crippen LogP) is 0.177. The van der Waals surface area contributed by atoms with Crippen LogP contribution in [0.5, 0.6) is 5.75 Å². The minimum Gasteiger partial charge on any atom is -0.455 e. The van der Waals surface area contributed by atoms with E-state index in [1.165, 1.54) is 0 Å². The molecular formula is C15H13B3F2O7S. The molecular weight excluding hydrogens is 395 g/mol. The summed E-state index contributed by atoms with van der Waals surface area (Å²) in [6.45, 7) is -1.93. The predicted molar refractivity (Wildman–Crippen MR) is 97.0 cm³/mol. The Labute approximate surface area is 164 Å². The van der Waals surface area contributed by atoms with Crippen molar-refractivity contribution in [3.05, 3.63) is 41.0 Å². The molecule has 0 spiro atoms. The summed E-state index contributed by atoms with van der Waals surface area (Å²) in [5, 5.41) is -4.69. The molecule has 0 aliphatic carbocycles. The van der Waals surface area contributed by atoms with Gasteiger partial charge in [0, 0.05) is 12.2 Å². The normalized spacial score (nSPS) is 12.1. The van der Waals surface area contributed by atoms with E-state index in [0.29, 0.717) is 28.8 Å². The second-order valence-corrected chi connectivity index (χ2v) is 6.88. The number of hydrogen-bond acceptors (Lipinski definition) is 6. The summed E-state index contributed by atoms with van der Waals surface area (Å²) in [4.78, 5) is 23.2. The van der Waals surface area contributed by atoms with E-state index in [4.69, 9.17) is 32.8 Å². The fourth-order valence-corrected chi connectivity index (χ4v) is 2.14. The molecule has 6 radical (unpaired) electrons. The highest BCUT2D eigenvalue weighted by Gasteiger charge is 2.45. The van der Waals surface area contributed by atoms with E-state index in [1.54, 1.807) is 12.1 Å². The molecule has 0 saturated carbocycles. The maximum Gasteiger partial charge on any atom is 0.402 e. The van der Waals surface area contributed by atoms with E-state index < -0.39 is 33.9 Å². The Bertz CT molecular complexity index is 847. The van der Waals surface area contributed by atoms with Crippen LogP contribution in [0.2, 0.25) is 0 Å². The molecule has 7 nitrogen and oxygen atoms in total. The van der Waals surface area contributed by atoms with Gasteiger partial charge in [0.15, 0.2) is 6.61 Å². The van der Waals surface area contributed by atoms with Crippen LogP contribution in [0.25, 0.3) is 0 Å². The van der Waals surface area contributed by atoms with E-state index in [1.807, 2.05) is 0 Å². The highest BCUT2D eigenvalue weighted by atomic mass is 32.2. The van der Waals surface area contributed by atoms with Crippen LogP contribution in [-0.2, 0) is 43.4 Å². The third-order valence-corrected chi connectivity index (χ3v) is 4.17. The topological polar surface area (TPSA) is 107 Å². The van der Waals surface area contributed by atoms with Gasteiger partial charge in [0.25, 0.3) is 0 Å². The van der Waals surface area contributed by atoms with Gasteiger partial charge in [-0.05, 0) is 11.1 Å². The van der Waals surface area contributed by atoms with Crippen LogP contribution in [0.1, 0.15) is 16.7 Å². The molecule has 13 heteroatoms. The standard InChI is InChI=1S/C15H13B3F2O7S/c16-5-9-3-10(6-17)14(11(4-9)7-18)27-13(22)2-1-12(21)26-8-15(19,20)28(23,24)25/h1-4H,5-8H2,(H,23,24,25)/b2-1+. The molecule has 1 rings (SSSR count). The number of carbonyl (C=O) groups is 2. The lowest BCUT2D eigenvalue weighted by atomic mass is 9.85. The number of alkyl halides is 2. The quantitative estimate of drug-likeness (QED) is 0.204. The molecule has 1 aromatic carbocycles. The number of halogens is 2. The Morgan fingerprint density at radius 2 is 1.54 bits per heavy atom. The first-order valence-corrected chi connectivity index (χ1v) is 9.05. The lowest BCUT2D eigenvalue weighted by Crippen LogP contribution is -2.34. The van der Waals surface area contributed by atoms with Crippen LogP contribution >= 0.6 is 0 Å². The molecule has 0 heterocycles. The number of rotatable bonds is 9. The average Bonchev–Trinajstić information content (AvgIpc) is 2.63. The first-order chi connectivity index (χ1) is 12.9. The zero-order valence-electron chi connectivity index (χ0n) is 14.4. The Kier molecular flexibility index (Phi) is 8.43. The Morgan fingerprint density at radius 3 is 1.96 bits per heavy atom. The van der Waals surface area contributed by atoms with Gasteiger partial charge in [-0.3, -0.25) is 4.55 Å². The smallest absolute Gasteiger partial charge is 0.402 e. The Morgan fingerprint density at radius 1 is 1.04 bits per heavy atom. The van der Waals surface area contributed by atoms with Crippen molar-refractivity contribution < 1.29 is 40.8 Å². The van der Waals surface area contributed by atoms with Crippen molar-refractivity contribution in [1.82, 2.24) is 0 Å². The van der Waals surface area contributed by atoms with Crippen LogP contribution in [0.4, 0.5) is 8.78 Å². The van der Waals surface area contributed by atoms with Gasteiger partial charge < -0.3 is 9.47 Å². The zero-order chi connectivity index (χ0) is 21.5. The van der Waals surface area contributed by atoms with E-state index in [2.05, 4.69) is 4.74 Å². The highest BCUT2D eigenvalue weighted by Crippen LogP contribution is 2.27. The first-order valence-electron chi connectivity index (χ1n) is 7.61. The lowest BCUT2D eigenvalue weighted by Gasteiger charge is -2.15. The van der Waals surface area contributed by atoms with E-state index in [0.717, 1.165) is 0 Å². The fourth-order valence-electron chi connectivity index (χ4n) is 1.93. The monoisotopic (exact) mass is 408 g/mol. The van der Waals surface area contributed by atoms with Crippen LogP contribution in [0.3, 0.4) is 0 Å². The van der Waals surface area contributed by atoms with Gasteiger partial charge in [0.05, 0.1) is 23.5 Å². The van der Waals surface area contributed by atoms with Crippen LogP contribution < -0.4 is 4.74 Å². The number of hydrogen-bond donors (Lipinski definition) is 1. The largest absolute Gasteiger partial charge is 0.455 e. The van der Waals surface area contributed by atoms with Gasteiger partial charge in [-0.15, -0.1) is 0 Å². The van der Waals surface area contributed by atoms with E-state index in [-0.39, 0.29) is 24.7 Å². The van der Waals surface area contributed by atoms with Gasteiger partial charge >= 0.3 is 27.3 Å². The molecule has 0 atom stereocenters.